The van der Waals surface area contributed by atoms with E-state index in [4.69, 9.17) is 19.9 Å². The molecule has 0 saturated carbocycles. The molecule has 0 aliphatic carbocycles. The molecule has 2 N–H and O–H groups in total. The van der Waals surface area contributed by atoms with Crippen molar-refractivity contribution in [3.8, 4) is 11.5 Å². The lowest BCUT2D eigenvalue weighted by Gasteiger charge is -2.32. The average molecular weight is 427 g/mol. The number of hydrogen-bond acceptors (Lipinski definition) is 6. The summed E-state index contributed by atoms with van der Waals surface area (Å²) in [4.78, 5) is 26.6. The van der Waals surface area contributed by atoms with Gasteiger partial charge in [-0.2, -0.15) is 0 Å². The van der Waals surface area contributed by atoms with E-state index in [1.165, 1.54) is 0 Å². The highest BCUT2D eigenvalue weighted by Crippen LogP contribution is 2.36. The van der Waals surface area contributed by atoms with Gasteiger partial charge in [0.05, 0.1) is 25.4 Å². The lowest BCUT2D eigenvalue weighted by molar-refractivity contribution is -0.119. The van der Waals surface area contributed by atoms with Gasteiger partial charge >= 0.3 is 6.16 Å². The molecule has 1 amide bonds. The number of aryl methyl sites for hydroxylation is 3. The summed E-state index contributed by atoms with van der Waals surface area (Å²) in [7, 11) is 1.61. The summed E-state index contributed by atoms with van der Waals surface area (Å²) in [6.45, 7) is 6.41. The fraction of sp³-hybridized carbons (Fsp3) is 0.417. The second-order valence-electron chi connectivity index (χ2n) is 7.69. The average Bonchev–Trinajstić information content (AvgIpc) is 2.74. The van der Waals surface area contributed by atoms with Gasteiger partial charge in [-0.05, 0) is 80.5 Å². The summed E-state index contributed by atoms with van der Waals surface area (Å²) in [5.74, 6) is 0.966. The SMILES string of the molecule is CCOC(=O)Oc1cc(C)c(C[C@@H](N)C(=O)N2CCCc3cccc(OC)c32)c(C)c1. The van der Waals surface area contributed by atoms with Gasteiger partial charge in [-0.15, -0.1) is 0 Å². The molecular weight excluding hydrogens is 396 g/mol. The van der Waals surface area contributed by atoms with E-state index in [1.54, 1.807) is 31.1 Å². The molecule has 7 heteroatoms. The number of anilines is 1. The van der Waals surface area contributed by atoms with Crippen LogP contribution in [-0.4, -0.2) is 38.4 Å². The zero-order valence-corrected chi connectivity index (χ0v) is 18.6. The molecule has 3 rings (SSSR count). The fourth-order valence-electron chi connectivity index (χ4n) is 4.09. The molecule has 1 heterocycles. The summed E-state index contributed by atoms with van der Waals surface area (Å²) in [5.41, 5.74) is 11.1. The number of carbonyl (C=O) groups is 2. The van der Waals surface area contributed by atoms with Crippen LogP contribution < -0.4 is 20.1 Å². The summed E-state index contributed by atoms with van der Waals surface area (Å²) in [5, 5.41) is 0. The normalized spacial score (nSPS) is 13.9. The van der Waals surface area contributed by atoms with Crippen molar-refractivity contribution in [2.24, 2.45) is 5.73 Å². The zero-order valence-electron chi connectivity index (χ0n) is 18.6. The number of hydrogen-bond donors (Lipinski definition) is 1. The second kappa shape index (κ2) is 9.83. The van der Waals surface area contributed by atoms with Crippen LogP contribution in [0.5, 0.6) is 11.5 Å². The van der Waals surface area contributed by atoms with Gasteiger partial charge in [-0.1, -0.05) is 12.1 Å². The fourth-order valence-corrected chi connectivity index (χ4v) is 4.09. The van der Waals surface area contributed by atoms with Crippen molar-refractivity contribution < 1.29 is 23.8 Å². The molecule has 7 nitrogen and oxygen atoms in total. The Labute approximate surface area is 183 Å². The van der Waals surface area contributed by atoms with Gasteiger partial charge in [0, 0.05) is 6.54 Å². The second-order valence-corrected chi connectivity index (χ2v) is 7.69. The molecule has 1 atom stereocenters. The Bertz CT molecular complexity index is 935. The first-order valence-electron chi connectivity index (χ1n) is 10.5. The topological polar surface area (TPSA) is 91.1 Å². The molecule has 0 bridgehead atoms. The molecular formula is C24H30N2O5. The molecule has 0 fully saturated rings. The number of nitrogens with zero attached hydrogens (tertiary/aromatic N) is 1. The van der Waals surface area contributed by atoms with E-state index in [9.17, 15) is 9.59 Å². The molecule has 166 valence electrons. The van der Waals surface area contributed by atoms with Gasteiger partial charge in [-0.3, -0.25) is 4.79 Å². The number of amides is 1. The maximum Gasteiger partial charge on any atom is 0.513 e. The Morgan fingerprint density at radius 1 is 1.19 bits per heavy atom. The van der Waals surface area contributed by atoms with E-state index in [-0.39, 0.29) is 12.5 Å². The van der Waals surface area contributed by atoms with E-state index in [1.807, 2.05) is 32.0 Å². The van der Waals surface area contributed by atoms with Crippen LogP contribution in [0.4, 0.5) is 10.5 Å². The zero-order chi connectivity index (χ0) is 22.5. The molecule has 0 aromatic heterocycles. The minimum absolute atomic E-state index is 0.129. The van der Waals surface area contributed by atoms with Gasteiger partial charge in [-0.25, -0.2) is 4.79 Å². The number of benzene rings is 2. The number of fused-ring (bicyclic) bond motifs is 1. The summed E-state index contributed by atoms with van der Waals surface area (Å²) >= 11 is 0. The van der Waals surface area contributed by atoms with Gasteiger partial charge in [0.15, 0.2) is 0 Å². The first kappa shape index (κ1) is 22.6. The number of para-hydroxylation sites is 1. The highest BCUT2D eigenvalue weighted by molar-refractivity contribution is 5.99. The first-order valence-corrected chi connectivity index (χ1v) is 10.5. The van der Waals surface area contributed by atoms with Crippen LogP contribution in [0.3, 0.4) is 0 Å². The predicted molar refractivity (Wildman–Crippen MR) is 119 cm³/mol. The van der Waals surface area contributed by atoms with Crippen LogP contribution in [0.1, 0.15) is 35.6 Å². The third-order valence-corrected chi connectivity index (χ3v) is 5.54. The summed E-state index contributed by atoms with van der Waals surface area (Å²) in [6.07, 6.45) is 1.44. The highest BCUT2D eigenvalue weighted by Gasteiger charge is 2.30. The van der Waals surface area contributed by atoms with Crippen molar-refractivity contribution in [3.05, 3.63) is 52.6 Å². The van der Waals surface area contributed by atoms with E-state index < -0.39 is 12.2 Å². The van der Waals surface area contributed by atoms with Crippen molar-refractivity contribution in [2.45, 2.75) is 46.1 Å². The highest BCUT2D eigenvalue weighted by atomic mass is 16.7. The third-order valence-electron chi connectivity index (χ3n) is 5.54. The van der Waals surface area contributed by atoms with Gasteiger partial charge in [0.2, 0.25) is 5.91 Å². The number of carbonyl (C=O) groups excluding carboxylic acids is 2. The van der Waals surface area contributed by atoms with Crippen molar-refractivity contribution >= 4 is 17.7 Å². The van der Waals surface area contributed by atoms with Crippen molar-refractivity contribution in [2.75, 3.05) is 25.2 Å². The number of methoxy groups -OCH3 is 1. The van der Waals surface area contributed by atoms with Crippen LogP contribution in [-0.2, 0) is 22.4 Å². The first-order chi connectivity index (χ1) is 14.8. The molecule has 0 radical (unpaired) electrons. The summed E-state index contributed by atoms with van der Waals surface area (Å²) < 4.78 is 15.5. The van der Waals surface area contributed by atoms with Crippen LogP contribution in [0.15, 0.2) is 30.3 Å². The lowest BCUT2D eigenvalue weighted by atomic mass is 9.94. The molecule has 1 aliphatic rings. The molecule has 2 aromatic carbocycles. The Balaban J connectivity index is 1.79. The van der Waals surface area contributed by atoms with E-state index in [2.05, 4.69) is 0 Å². The molecule has 0 unspecified atom stereocenters. The van der Waals surface area contributed by atoms with Gasteiger partial charge in [0.25, 0.3) is 0 Å². The number of ether oxygens (including phenoxy) is 3. The summed E-state index contributed by atoms with van der Waals surface area (Å²) in [6, 6.07) is 8.65. The van der Waals surface area contributed by atoms with Crippen LogP contribution in [0, 0.1) is 13.8 Å². The molecule has 1 aliphatic heterocycles. The molecule has 0 spiro atoms. The van der Waals surface area contributed by atoms with Crippen LogP contribution in [0.25, 0.3) is 0 Å². The minimum Gasteiger partial charge on any atom is -0.495 e. The Morgan fingerprint density at radius 3 is 2.55 bits per heavy atom. The number of rotatable bonds is 6. The quantitative estimate of drug-likeness (QED) is 0.559. The predicted octanol–water partition coefficient (Wildman–Crippen LogP) is 3.70. The van der Waals surface area contributed by atoms with E-state index >= 15 is 0 Å². The van der Waals surface area contributed by atoms with Crippen LogP contribution >= 0.6 is 0 Å². The lowest BCUT2D eigenvalue weighted by Crippen LogP contribution is -2.47. The molecule has 0 saturated heterocycles. The minimum atomic E-state index is -0.737. The molecule has 2 aromatic rings. The van der Waals surface area contributed by atoms with Crippen LogP contribution in [0.2, 0.25) is 0 Å². The monoisotopic (exact) mass is 426 g/mol. The maximum atomic E-state index is 13.3. The van der Waals surface area contributed by atoms with E-state index in [0.717, 1.165) is 40.8 Å². The standard InChI is InChI=1S/C24H30N2O5/c1-5-30-24(28)31-18-12-15(2)19(16(3)13-18)14-20(25)23(27)26-11-7-9-17-8-6-10-21(29-4)22(17)26/h6,8,10,12-13,20H,5,7,9,11,14,25H2,1-4H3/t20-/m1/s1. The third kappa shape index (κ3) is 4.99. The largest absolute Gasteiger partial charge is 0.513 e. The van der Waals surface area contributed by atoms with Crippen molar-refractivity contribution in [1.29, 1.82) is 0 Å². The van der Waals surface area contributed by atoms with Gasteiger partial charge < -0.3 is 24.8 Å². The molecule has 31 heavy (non-hydrogen) atoms. The maximum absolute atomic E-state index is 13.3. The Kier molecular flexibility index (Phi) is 7.17. The van der Waals surface area contributed by atoms with E-state index in [0.29, 0.717) is 24.5 Å². The van der Waals surface area contributed by atoms with Crippen molar-refractivity contribution in [1.82, 2.24) is 0 Å². The Hall–Kier alpha value is -3.06. The number of nitrogens with two attached hydrogens (primary N) is 1. The Morgan fingerprint density at radius 2 is 1.90 bits per heavy atom. The van der Waals surface area contributed by atoms with Gasteiger partial charge in [0.1, 0.15) is 11.5 Å². The van der Waals surface area contributed by atoms with Crippen molar-refractivity contribution in [3.63, 3.8) is 0 Å². The smallest absolute Gasteiger partial charge is 0.495 e.